The van der Waals surface area contributed by atoms with Gasteiger partial charge in [-0.3, -0.25) is 0 Å². The van der Waals surface area contributed by atoms with Crippen molar-refractivity contribution in [2.24, 2.45) is 0 Å². The monoisotopic (exact) mass is 321 g/mol. The molecule has 0 aliphatic heterocycles. The third kappa shape index (κ3) is 4.47. The molecule has 2 unspecified atom stereocenters. The quantitative estimate of drug-likeness (QED) is 0.785. The van der Waals surface area contributed by atoms with E-state index in [9.17, 15) is 5.11 Å². The van der Waals surface area contributed by atoms with Gasteiger partial charge in [-0.25, -0.2) is 0 Å². The van der Waals surface area contributed by atoms with E-state index in [0.717, 1.165) is 23.5 Å². The highest BCUT2D eigenvalue weighted by molar-refractivity contribution is 7.07. The zero-order valence-electron chi connectivity index (χ0n) is 13.2. The average Bonchev–Trinajstić information content (AvgIpc) is 3.07. The van der Waals surface area contributed by atoms with Crippen molar-refractivity contribution in [2.75, 3.05) is 20.8 Å². The van der Waals surface area contributed by atoms with Crippen LogP contribution >= 0.6 is 11.3 Å². The van der Waals surface area contributed by atoms with Gasteiger partial charge in [0, 0.05) is 12.6 Å². The van der Waals surface area contributed by atoms with Crippen molar-refractivity contribution in [3.8, 4) is 11.5 Å². The maximum Gasteiger partial charge on any atom is 0.160 e. The molecule has 22 heavy (non-hydrogen) atoms. The molecule has 0 fully saturated rings. The molecular formula is C17H23NO3S. The lowest BCUT2D eigenvalue weighted by Crippen LogP contribution is -2.31. The van der Waals surface area contributed by atoms with Gasteiger partial charge < -0.3 is 19.9 Å². The minimum atomic E-state index is -0.459. The molecule has 0 aliphatic rings. The Bertz CT molecular complexity index is 571. The van der Waals surface area contributed by atoms with E-state index in [1.54, 1.807) is 25.6 Å². The van der Waals surface area contributed by atoms with Gasteiger partial charge in [0.25, 0.3) is 0 Å². The highest BCUT2D eigenvalue weighted by Gasteiger charge is 2.11. The van der Waals surface area contributed by atoms with E-state index in [1.165, 1.54) is 5.56 Å². The summed E-state index contributed by atoms with van der Waals surface area (Å²) in [4.78, 5) is 0. The molecule has 0 amide bonds. The number of hydrogen-bond acceptors (Lipinski definition) is 5. The van der Waals surface area contributed by atoms with Crippen molar-refractivity contribution in [3.05, 3.63) is 46.2 Å². The zero-order chi connectivity index (χ0) is 15.9. The zero-order valence-corrected chi connectivity index (χ0v) is 14.0. The number of aliphatic hydroxyl groups is 1. The first-order valence-electron chi connectivity index (χ1n) is 7.28. The average molecular weight is 321 g/mol. The molecule has 2 rings (SSSR count). The van der Waals surface area contributed by atoms with Crippen LogP contribution in [-0.4, -0.2) is 31.9 Å². The van der Waals surface area contributed by atoms with E-state index in [-0.39, 0.29) is 6.04 Å². The molecular weight excluding hydrogens is 298 g/mol. The number of thiophene rings is 1. The first kappa shape index (κ1) is 16.8. The van der Waals surface area contributed by atoms with Gasteiger partial charge in [0.05, 0.1) is 20.3 Å². The molecule has 2 N–H and O–H groups in total. The van der Waals surface area contributed by atoms with E-state index in [0.29, 0.717) is 6.54 Å². The summed E-state index contributed by atoms with van der Waals surface area (Å²) in [5, 5.41) is 17.4. The van der Waals surface area contributed by atoms with Crippen LogP contribution in [-0.2, 0) is 6.42 Å². The molecule has 120 valence electrons. The van der Waals surface area contributed by atoms with Crippen molar-refractivity contribution in [3.63, 3.8) is 0 Å². The van der Waals surface area contributed by atoms with Gasteiger partial charge in [0.1, 0.15) is 0 Å². The van der Waals surface area contributed by atoms with Crippen LogP contribution in [0.3, 0.4) is 0 Å². The summed E-state index contributed by atoms with van der Waals surface area (Å²) in [6.45, 7) is 2.65. The number of nitrogens with one attached hydrogen (secondary N) is 1. The molecule has 2 aromatic rings. The normalized spacial score (nSPS) is 13.6. The molecule has 4 nitrogen and oxygen atoms in total. The molecule has 0 bridgehead atoms. The van der Waals surface area contributed by atoms with Gasteiger partial charge in [-0.2, -0.15) is 11.3 Å². The lowest BCUT2D eigenvalue weighted by atomic mass is 10.1. The van der Waals surface area contributed by atoms with Crippen molar-refractivity contribution in [1.82, 2.24) is 5.32 Å². The summed E-state index contributed by atoms with van der Waals surface area (Å²) in [6, 6.07) is 8.16. The van der Waals surface area contributed by atoms with Crippen molar-refractivity contribution in [2.45, 2.75) is 25.5 Å². The van der Waals surface area contributed by atoms with Gasteiger partial charge in [-0.05, 0) is 53.4 Å². The largest absolute Gasteiger partial charge is 0.493 e. The summed E-state index contributed by atoms with van der Waals surface area (Å²) in [7, 11) is 3.27. The fourth-order valence-electron chi connectivity index (χ4n) is 2.33. The Labute approximate surface area is 135 Å². The molecule has 5 heteroatoms. The van der Waals surface area contributed by atoms with Crippen LogP contribution in [0.25, 0.3) is 0 Å². The predicted octanol–water partition coefficient (Wildman–Crippen LogP) is 3.02. The molecule has 0 saturated heterocycles. The van der Waals surface area contributed by atoms with Gasteiger partial charge in [-0.1, -0.05) is 6.07 Å². The number of benzene rings is 1. The maximum absolute atomic E-state index is 10.1. The third-order valence-electron chi connectivity index (χ3n) is 3.58. The number of methoxy groups -OCH3 is 2. The molecule has 1 aromatic heterocycles. The van der Waals surface area contributed by atoms with E-state index >= 15 is 0 Å². The first-order chi connectivity index (χ1) is 10.6. The van der Waals surface area contributed by atoms with Crippen molar-refractivity contribution in [1.29, 1.82) is 0 Å². The second kappa shape index (κ2) is 8.17. The second-order valence-corrected chi connectivity index (χ2v) is 6.06. The molecule has 1 heterocycles. The number of ether oxygens (including phenoxy) is 2. The summed E-state index contributed by atoms with van der Waals surface area (Å²) >= 11 is 1.60. The summed E-state index contributed by atoms with van der Waals surface area (Å²) in [6.07, 6.45) is 0.399. The first-order valence-corrected chi connectivity index (χ1v) is 8.22. The fraction of sp³-hybridized carbons (Fsp3) is 0.412. The van der Waals surface area contributed by atoms with Crippen LogP contribution in [0.15, 0.2) is 35.0 Å². The fourth-order valence-corrected chi connectivity index (χ4v) is 3.04. The number of hydrogen-bond donors (Lipinski definition) is 2. The van der Waals surface area contributed by atoms with Crippen LogP contribution < -0.4 is 14.8 Å². The minimum absolute atomic E-state index is 0.256. The Morgan fingerprint density at radius 1 is 1.18 bits per heavy atom. The van der Waals surface area contributed by atoms with E-state index in [2.05, 4.69) is 12.2 Å². The second-order valence-electron chi connectivity index (χ2n) is 5.28. The Morgan fingerprint density at radius 3 is 2.59 bits per heavy atom. The van der Waals surface area contributed by atoms with Crippen molar-refractivity contribution >= 4 is 11.3 Å². The van der Waals surface area contributed by atoms with E-state index < -0.39 is 6.10 Å². The van der Waals surface area contributed by atoms with Crippen LogP contribution in [0.5, 0.6) is 11.5 Å². The van der Waals surface area contributed by atoms with E-state index in [4.69, 9.17) is 9.47 Å². The molecule has 2 atom stereocenters. The van der Waals surface area contributed by atoms with Crippen molar-refractivity contribution < 1.29 is 14.6 Å². The van der Waals surface area contributed by atoms with Crippen LogP contribution in [0.4, 0.5) is 0 Å². The van der Waals surface area contributed by atoms with Gasteiger partial charge in [0.15, 0.2) is 11.5 Å². The lowest BCUT2D eigenvalue weighted by Gasteiger charge is -2.17. The molecule has 0 saturated carbocycles. The van der Waals surface area contributed by atoms with Crippen LogP contribution in [0.1, 0.15) is 24.2 Å². The Hall–Kier alpha value is -1.56. The van der Waals surface area contributed by atoms with Gasteiger partial charge in [0.2, 0.25) is 0 Å². The number of rotatable bonds is 8. The molecule has 1 aromatic carbocycles. The Balaban J connectivity index is 1.87. The number of aliphatic hydroxyl groups excluding tert-OH is 1. The Kier molecular flexibility index (Phi) is 6.24. The summed E-state index contributed by atoms with van der Waals surface area (Å²) < 4.78 is 10.6. The SMILES string of the molecule is COc1ccc(CC(C)NCC(O)c2ccsc2)cc1OC. The maximum atomic E-state index is 10.1. The molecule has 0 aliphatic carbocycles. The Morgan fingerprint density at radius 2 is 1.95 bits per heavy atom. The van der Waals surface area contributed by atoms with Crippen LogP contribution in [0.2, 0.25) is 0 Å². The molecule has 0 spiro atoms. The predicted molar refractivity (Wildman–Crippen MR) is 90.0 cm³/mol. The topological polar surface area (TPSA) is 50.7 Å². The lowest BCUT2D eigenvalue weighted by molar-refractivity contribution is 0.171. The van der Waals surface area contributed by atoms with E-state index in [1.807, 2.05) is 35.0 Å². The standard InChI is InChI=1S/C17H23NO3S/c1-12(18-10-15(19)14-6-7-22-11-14)8-13-4-5-16(20-2)17(9-13)21-3/h4-7,9,11-12,15,18-19H,8,10H2,1-3H3. The summed E-state index contributed by atoms with van der Waals surface area (Å²) in [5.74, 6) is 1.48. The highest BCUT2D eigenvalue weighted by Crippen LogP contribution is 2.28. The minimum Gasteiger partial charge on any atom is -0.493 e. The van der Waals surface area contributed by atoms with Gasteiger partial charge in [-0.15, -0.1) is 0 Å². The third-order valence-corrected chi connectivity index (χ3v) is 4.28. The smallest absolute Gasteiger partial charge is 0.160 e. The highest BCUT2D eigenvalue weighted by atomic mass is 32.1. The van der Waals surface area contributed by atoms with Crippen LogP contribution in [0, 0.1) is 0 Å². The van der Waals surface area contributed by atoms with Gasteiger partial charge >= 0.3 is 0 Å². The molecule has 0 radical (unpaired) electrons. The summed E-state index contributed by atoms with van der Waals surface area (Å²) in [5.41, 5.74) is 2.14.